The van der Waals surface area contributed by atoms with Crippen LogP contribution in [-0.2, 0) is 16.4 Å². The van der Waals surface area contributed by atoms with Crippen molar-refractivity contribution < 1.29 is 8.42 Å². The number of hydrogen-bond acceptors (Lipinski definition) is 4. The maximum atomic E-state index is 12.2. The van der Waals surface area contributed by atoms with Gasteiger partial charge >= 0.3 is 0 Å². The molecule has 7 heteroatoms. The van der Waals surface area contributed by atoms with Gasteiger partial charge in [-0.15, -0.1) is 0 Å². The minimum atomic E-state index is -3.47. The summed E-state index contributed by atoms with van der Waals surface area (Å²) in [5, 5.41) is 0. The van der Waals surface area contributed by atoms with Crippen LogP contribution in [-0.4, -0.2) is 29.4 Å². The molecule has 0 radical (unpaired) electrons. The number of pyridine rings is 1. The molecule has 18 heavy (non-hydrogen) atoms. The molecule has 1 aliphatic rings. The molecule has 3 rings (SSSR count). The van der Waals surface area contributed by atoms with E-state index in [4.69, 9.17) is 0 Å². The average molecular weight is 266 g/mol. The number of aryl methyl sites for hydroxylation is 2. The Morgan fingerprint density at radius 3 is 2.94 bits per heavy atom. The Labute approximate surface area is 105 Å². The van der Waals surface area contributed by atoms with Crippen molar-refractivity contribution in [3.8, 4) is 0 Å². The van der Waals surface area contributed by atoms with E-state index in [9.17, 15) is 8.42 Å². The van der Waals surface area contributed by atoms with Crippen molar-refractivity contribution in [1.29, 1.82) is 0 Å². The number of imidazole rings is 1. The van der Waals surface area contributed by atoms with Crippen LogP contribution in [0.4, 0.5) is 0 Å². The van der Waals surface area contributed by atoms with Gasteiger partial charge in [0.05, 0.1) is 11.2 Å². The number of rotatable bonds is 0. The maximum absolute atomic E-state index is 12.2. The van der Waals surface area contributed by atoms with E-state index in [2.05, 4.69) is 19.7 Å². The first-order valence-corrected chi connectivity index (χ1v) is 7.32. The number of hydrogen-bond donors (Lipinski definition) is 2. The molecule has 0 fully saturated rings. The van der Waals surface area contributed by atoms with Gasteiger partial charge < -0.3 is 4.98 Å². The number of nitrogens with one attached hydrogen (secondary N) is 2. The number of aromatic nitrogens is 3. The Kier molecular flexibility index (Phi) is 2.43. The van der Waals surface area contributed by atoms with Gasteiger partial charge in [-0.3, -0.25) is 0 Å². The largest absolute Gasteiger partial charge is 0.341 e. The summed E-state index contributed by atoms with van der Waals surface area (Å²) in [5.74, 6) is 0.733. The van der Waals surface area contributed by atoms with E-state index < -0.39 is 10.0 Å². The summed E-state index contributed by atoms with van der Waals surface area (Å²) in [6.07, 6.45) is 1.39. The van der Waals surface area contributed by atoms with Gasteiger partial charge in [-0.1, -0.05) is 0 Å². The minimum absolute atomic E-state index is 0.0720. The van der Waals surface area contributed by atoms with Gasteiger partial charge in [-0.25, -0.2) is 23.1 Å². The molecule has 0 spiro atoms. The lowest BCUT2D eigenvalue weighted by Crippen LogP contribution is -2.30. The second-order valence-corrected chi connectivity index (χ2v) is 6.37. The van der Waals surface area contributed by atoms with Gasteiger partial charge in [-0.05, 0) is 32.8 Å². The van der Waals surface area contributed by atoms with Crippen LogP contribution in [0.2, 0.25) is 0 Å². The predicted molar refractivity (Wildman–Crippen MR) is 66.7 cm³/mol. The van der Waals surface area contributed by atoms with Gasteiger partial charge in [0, 0.05) is 6.04 Å². The van der Waals surface area contributed by atoms with E-state index in [1.165, 1.54) is 0 Å². The monoisotopic (exact) mass is 266 g/mol. The van der Waals surface area contributed by atoms with Crippen LogP contribution in [0.5, 0.6) is 0 Å². The Morgan fingerprint density at radius 1 is 1.39 bits per heavy atom. The van der Waals surface area contributed by atoms with Crippen molar-refractivity contribution in [2.24, 2.45) is 0 Å². The van der Waals surface area contributed by atoms with Crippen LogP contribution >= 0.6 is 0 Å². The van der Waals surface area contributed by atoms with E-state index in [0.717, 1.165) is 12.2 Å². The topological polar surface area (TPSA) is 87.7 Å². The van der Waals surface area contributed by atoms with Gasteiger partial charge in [0.15, 0.2) is 5.65 Å². The molecular weight excluding hydrogens is 252 g/mol. The molecule has 1 atom stereocenters. The van der Waals surface area contributed by atoms with E-state index in [-0.39, 0.29) is 10.9 Å². The van der Waals surface area contributed by atoms with Crippen LogP contribution in [0.25, 0.3) is 11.2 Å². The molecule has 2 aromatic rings. The van der Waals surface area contributed by atoms with Crippen LogP contribution in [0, 0.1) is 6.92 Å². The molecule has 1 aliphatic heterocycles. The highest BCUT2D eigenvalue weighted by Gasteiger charge is 2.26. The third-order valence-electron chi connectivity index (χ3n) is 3.09. The smallest absolute Gasteiger partial charge is 0.242 e. The third-order valence-corrected chi connectivity index (χ3v) is 4.74. The fourth-order valence-electron chi connectivity index (χ4n) is 2.23. The van der Waals surface area contributed by atoms with E-state index in [1.54, 1.807) is 6.07 Å². The molecule has 0 bridgehead atoms. The van der Waals surface area contributed by atoms with Gasteiger partial charge in [-0.2, -0.15) is 0 Å². The molecular formula is C11H14N4O2S. The quantitative estimate of drug-likeness (QED) is 0.741. The normalized spacial score (nSPS) is 22.7. The molecule has 1 unspecified atom stereocenters. The summed E-state index contributed by atoms with van der Waals surface area (Å²) >= 11 is 0. The fourth-order valence-corrected chi connectivity index (χ4v) is 3.74. The van der Waals surface area contributed by atoms with E-state index in [1.807, 2.05) is 13.8 Å². The number of nitrogens with zero attached hydrogens (tertiary/aromatic N) is 2. The summed E-state index contributed by atoms with van der Waals surface area (Å²) in [5.41, 5.74) is 1.84. The van der Waals surface area contributed by atoms with Crippen molar-refractivity contribution in [1.82, 2.24) is 19.7 Å². The van der Waals surface area contributed by atoms with Gasteiger partial charge in [0.1, 0.15) is 10.7 Å². The summed E-state index contributed by atoms with van der Waals surface area (Å²) in [4.78, 5) is 11.9. The molecule has 96 valence electrons. The lowest BCUT2D eigenvalue weighted by atomic mass is 10.1. The molecule has 0 amide bonds. The highest BCUT2D eigenvalue weighted by atomic mass is 32.2. The fraction of sp³-hybridized carbons (Fsp3) is 0.455. The number of sulfonamides is 1. The SMILES string of the molecule is Cc1nc2nc3c(cc2[nH]1)S(=O)(=O)NC(C)CC3. The van der Waals surface area contributed by atoms with E-state index in [0.29, 0.717) is 23.3 Å². The zero-order chi connectivity index (χ0) is 12.9. The lowest BCUT2D eigenvalue weighted by molar-refractivity contribution is 0.557. The minimum Gasteiger partial charge on any atom is -0.341 e. The molecule has 2 aromatic heterocycles. The maximum Gasteiger partial charge on any atom is 0.242 e. The van der Waals surface area contributed by atoms with Crippen molar-refractivity contribution in [2.75, 3.05) is 0 Å². The van der Waals surface area contributed by atoms with Crippen LogP contribution in [0.15, 0.2) is 11.0 Å². The summed E-state index contributed by atoms with van der Waals surface area (Å²) in [6, 6.07) is 1.55. The Balaban J connectivity index is 2.28. The van der Waals surface area contributed by atoms with Gasteiger partial charge in [0.25, 0.3) is 0 Å². The standard InChI is InChI=1S/C11H14N4O2S/c1-6-3-4-8-10(18(16,17)15-6)5-9-11(14-8)13-7(2)12-9/h5-6,15H,3-4H2,1-2H3,(H,12,13,14). The van der Waals surface area contributed by atoms with Crippen molar-refractivity contribution in [3.63, 3.8) is 0 Å². The summed E-state index contributed by atoms with van der Waals surface area (Å²) < 4.78 is 27.0. The van der Waals surface area contributed by atoms with Crippen LogP contribution in [0.3, 0.4) is 0 Å². The zero-order valence-electron chi connectivity index (χ0n) is 10.2. The van der Waals surface area contributed by atoms with E-state index >= 15 is 0 Å². The zero-order valence-corrected chi connectivity index (χ0v) is 11.0. The highest BCUT2D eigenvalue weighted by molar-refractivity contribution is 7.89. The number of H-pyrrole nitrogens is 1. The number of fused-ring (bicyclic) bond motifs is 2. The van der Waals surface area contributed by atoms with Crippen LogP contribution < -0.4 is 4.72 Å². The molecule has 0 aromatic carbocycles. The van der Waals surface area contributed by atoms with Crippen molar-refractivity contribution in [3.05, 3.63) is 17.6 Å². The molecule has 0 saturated heterocycles. The first-order chi connectivity index (χ1) is 8.45. The third kappa shape index (κ3) is 1.79. The Morgan fingerprint density at radius 2 is 2.17 bits per heavy atom. The first-order valence-electron chi connectivity index (χ1n) is 5.84. The van der Waals surface area contributed by atoms with Crippen molar-refractivity contribution >= 4 is 21.2 Å². The Bertz CT molecular complexity index is 720. The second kappa shape index (κ2) is 3.76. The highest BCUT2D eigenvalue weighted by Crippen LogP contribution is 2.24. The number of aromatic amines is 1. The first kappa shape index (κ1) is 11.6. The molecule has 0 aliphatic carbocycles. The molecule has 2 N–H and O–H groups in total. The summed E-state index contributed by atoms with van der Waals surface area (Å²) in [7, 11) is -3.47. The van der Waals surface area contributed by atoms with Crippen LogP contribution in [0.1, 0.15) is 24.9 Å². The van der Waals surface area contributed by atoms with Gasteiger partial charge in [0.2, 0.25) is 10.0 Å². The molecule has 3 heterocycles. The predicted octanol–water partition coefficient (Wildman–Crippen LogP) is 0.879. The van der Waals surface area contributed by atoms with Crippen molar-refractivity contribution in [2.45, 2.75) is 37.6 Å². The second-order valence-electron chi connectivity index (χ2n) is 4.69. The molecule has 0 saturated carbocycles. The Hall–Kier alpha value is -1.47. The average Bonchev–Trinajstić information content (AvgIpc) is 2.58. The summed E-state index contributed by atoms with van der Waals surface area (Å²) in [6.45, 7) is 3.68. The molecule has 6 nitrogen and oxygen atoms in total. The lowest BCUT2D eigenvalue weighted by Gasteiger charge is -2.08.